The zero-order valence-corrected chi connectivity index (χ0v) is 16.6. The van der Waals surface area contributed by atoms with Crippen molar-refractivity contribution in [3.63, 3.8) is 0 Å². The van der Waals surface area contributed by atoms with Gasteiger partial charge < -0.3 is 15.0 Å². The first kappa shape index (κ1) is 18.3. The Kier molecular flexibility index (Phi) is 4.61. The van der Waals surface area contributed by atoms with E-state index in [4.69, 9.17) is 16.3 Å². The second-order valence-electron chi connectivity index (χ2n) is 7.77. The Morgan fingerprint density at radius 1 is 1.34 bits per heavy atom. The normalized spacial score (nSPS) is 22.9. The van der Waals surface area contributed by atoms with Gasteiger partial charge >= 0.3 is 0 Å². The molecule has 1 fully saturated rings. The Bertz CT molecular complexity index is 1030. The van der Waals surface area contributed by atoms with Gasteiger partial charge in [-0.05, 0) is 42.5 Å². The fourth-order valence-corrected chi connectivity index (χ4v) is 4.78. The van der Waals surface area contributed by atoms with Gasteiger partial charge in [0.05, 0.1) is 35.5 Å². The highest BCUT2D eigenvalue weighted by Gasteiger charge is 2.33. The molecule has 8 heteroatoms. The Balaban J connectivity index is 1.32. The highest BCUT2D eigenvalue weighted by Crippen LogP contribution is 2.30. The number of hydrogen-bond acceptors (Lipinski definition) is 6. The smallest absolute Gasteiger partial charge is 0.257 e. The summed E-state index contributed by atoms with van der Waals surface area (Å²) in [6, 6.07) is 6.12. The minimum atomic E-state index is -0.00475. The summed E-state index contributed by atoms with van der Waals surface area (Å²) in [5, 5.41) is 13.3. The van der Waals surface area contributed by atoms with Crippen molar-refractivity contribution in [3.8, 4) is 6.07 Å². The average molecular weight is 410 g/mol. The number of nitriles is 1. The van der Waals surface area contributed by atoms with Crippen molar-refractivity contribution < 1.29 is 9.53 Å². The molecule has 0 radical (unpaired) electrons. The van der Waals surface area contributed by atoms with E-state index in [-0.39, 0.29) is 18.0 Å². The maximum Gasteiger partial charge on any atom is 0.257 e. The number of nitrogens with one attached hydrogen (secondary N) is 1. The maximum absolute atomic E-state index is 12.8. The molecule has 1 aromatic heterocycles. The Hall–Kier alpha value is -2.69. The number of hydrogen-bond donors (Lipinski definition) is 1. The van der Waals surface area contributed by atoms with E-state index in [1.165, 1.54) is 0 Å². The molecule has 5 rings (SSSR count). The fourth-order valence-electron chi connectivity index (χ4n) is 4.54. The number of benzene rings is 1. The lowest BCUT2D eigenvalue weighted by atomic mass is 10.0. The van der Waals surface area contributed by atoms with Crippen LogP contribution in [0, 0.1) is 11.3 Å². The zero-order valence-electron chi connectivity index (χ0n) is 15.8. The van der Waals surface area contributed by atoms with Gasteiger partial charge in [0.25, 0.3) is 5.91 Å². The highest BCUT2D eigenvalue weighted by molar-refractivity contribution is 6.30. The summed E-state index contributed by atoms with van der Waals surface area (Å²) < 4.78 is 5.43. The van der Waals surface area contributed by atoms with Crippen molar-refractivity contribution in [1.29, 1.82) is 5.26 Å². The molecule has 7 nitrogen and oxygen atoms in total. The number of nitrogens with zero attached hydrogens (tertiary/aromatic N) is 4. The van der Waals surface area contributed by atoms with Gasteiger partial charge in [0.15, 0.2) is 0 Å². The van der Waals surface area contributed by atoms with Crippen LogP contribution in [-0.4, -0.2) is 52.6 Å². The highest BCUT2D eigenvalue weighted by atomic mass is 35.5. The number of ether oxygens (including phenoxy) is 1. The number of anilines is 1. The first-order chi connectivity index (χ1) is 14.1. The molecule has 3 heterocycles. The quantitative estimate of drug-likeness (QED) is 0.836. The summed E-state index contributed by atoms with van der Waals surface area (Å²) >= 11 is 6.13. The Labute approximate surface area is 173 Å². The minimum Gasteiger partial charge on any atom is -0.379 e. The molecule has 1 amide bonds. The third kappa shape index (κ3) is 3.33. The summed E-state index contributed by atoms with van der Waals surface area (Å²) in [5.74, 6) is 0.520. The van der Waals surface area contributed by atoms with Gasteiger partial charge in [-0.2, -0.15) is 5.26 Å². The standard InChI is InChI=1S/C21H20ClN5O2/c22-14-5-12-7-15(8-17(12)13(6-14)9-23)25-21-24-10-18-19(26-21)1-3-27(20(18)28)16-2-4-29-11-16/h5-6,10,15-16H,1-4,7-8,11H2,(H,24,25,26)/t15-,16+/m0/s1. The van der Waals surface area contributed by atoms with E-state index in [9.17, 15) is 10.1 Å². The van der Waals surface area contributed by atoms with E-state index in [0.717, 1.165) is 36.1 Å². The van der Waals surface area contributed by atoms with Crippen molar-refractivity contribution in [3.05, 3.63) is 51.3 Å². The van der Waals surface area contributed by atoms with Gasteiger partial charge in [0.2, 0.25) is 5.95 Å². The molecule has 1 aliphatic carbocycles. The first-order valence-corrected chi connectivity index (χ1v) is 10.2. The topological polar surface area (TPSA) is 91.1 Å². The van der Waals surface area contributed by atoms with Crippen LogP contribution in [0.5, 0.6) is 0 Å². The van der Waals surface area contributed by atoms with Crippen LogP contribution < -0.4 is 5.32 Å². The van der Waals surface area contributed by atoms with Gasteiger partial charge in [-0.1, -0.05) is 11.6 Å². The lowest BCUT2D eigenvalue weighted by Gasteiger charge is -2.32. The summed E-state index contributed by atoms with van der Waals surface area (Å²) in [6.07, 6.45) is 4.73. The largest absolute Gasteiger partial charge is 0.379 e. The predicted octanol–water partition coefficient (Wildman–Crippen LogP) is 2.37. The molecule has 1 aromatic carbocycles. The molecular formula is C21H20ClN5O2. The van der Waals surface area contributed by atoms with Gasteiger partial charge in [0, 0.05) is 36.8 Å². The van der Waals surface area contributed by atoms with Gasteiger partial charge in [0.1, 0.15) is 0 Å². The monoisotopic (exact) mass is 409 g/mol. The number of halogens is 1. The molecule has 0 unspecified atom stereocenters. The number of carbonyl (C=O) groups excluding carboxylic acids is 1. The van der Waals surface area contributed by atoms with Gasteiger partial charge in [-0.3, -0.25) is 4.79 Å². The number of aromatic nitrogens is 2. The lowest BCUT2D eigenvalue weighted by Crippen LogP contribution is -2.45. The number of rotatable bonds is 3. The molecule has 3 aliphatic rings. The molecule has 1 N–H and O–H groups in total. The molecule has 0 spiro atoms. The average Bonchev–Trinajstić information content (AvgIpc) is 3.37. The van der Waals surface area contributed by atoms with E-state index in [2.05, 4.69) is 21.4 Å². The summed E-state index contributed by atoms with van der Waals surface area (Å²) in [5.41, 5.74) is 4.14. The first-order valence-electron chi connectivity index (χ1n) is 9.85. The van der Waals surface area contributed by atoms with E-state index in [1.807, 2.05) is 11.0 Å². The third-order valence-corrected chi connectivity index (χ3v) is 6.19. The van der Waals surface area contributed by atoms with Crippen LogP contribution in [0.2, 0.25) is 5.02 Å². The van der Waals surface area contributed by atoms with Crippen molar-refractivity contribution >= 4 is 23.5 Å². The van der Waals surface area contributed by atoms with Crippen molar-refractivity contribution in [2.24, 2.45) is 0 Å². The van der Waals surface area contributed by atoms with E-state index >= 15 is 0 Å². The molecule has 2 aromatic rings. The molecule has 2 atom stereocenters. The zero-order chi connectivity index (χ0) is 20.0. The van der Waals surface area contributed by atoms with Crippen LogP contribution in [0.25, 0.3) is 0 Å². The van der Waals surface area contributed by atoms with Crippen LogP contribution in [0.15, 0.2) is 18.3 Å². The van der Waals surface area contributed by atoms with Crippen molar-refractivity contribution in [2.45, 2.75) is 37.8 Å². The molecule has 1 saturated heterocycles. The molecular weight excluding hydrogens is 390 g/mol. The number of carbonyl (C=O) groups is 1. The van der Waals surface area contributed by atoms with Crippen LogP contribution in [0.3, 0.4) is 0 Å². The van der Waals surface area contributed by atoms with Crippen LogP contribution >= 0.6 is 11.6 Å². The predicted molar refractivity (Wildman–Crippen MR) is 107 cm³/mol. The SMILES string of the molecule is N#Cc1cc(Cl)cc2c1C[C@@H](Nc1ncc3c(n1)CCN([C@@H]1CCOC1)C3=O)C2. The number of fused-ring (bicyclic) bond motifs is 2. The number of amides is 1. The molecule has 0 saturated carbocycles. The van der Waals surface area contributed by atoms with Crippen molar-refractivity contribution in [2.75, 3.05) is 25.1 Å². The Morgan fingerprint density at radius 2 is 2.24 bits per heavy atom. The third-order valence-electron chi connectivity index (χ3n) is 5.97. The summed E-state index contributed by atoms with van der Waals surface area (Å²) in [7, 11) is 0. The molecule has 148 valence electrons. The lowest BCUT2D eigenvalue weighted by molar-refractivity contribution is 0.0633. The van der Waals surface area contributed by atoms with Crippen LogP contribution in [-0.2, 0) is 24.0 Å². The summed E-state index contributed by atoms with van der Waals surface area (Å²) in [4.78, 5) is 23.8. The molecule has 0 bridgehead atoms. The second kappa shape index (κ2) is 7.29. The second-order valence-corrected chi connectivity index (χ2v) is 8.21. The van der Waals surface area contributed by atoms with E-state index in [1.54, 1.807) is 12.3 Å². The van der Waals surface area contributed by atoms with Crippen LogP contribution in [0.4, 0.5) is 5.95 Å². The summed E-state index contributed by atoms with van der Waals surface area (Å²) in [6.45, 7) is 1.98. The molecule has 29 heavy (non-hydrogen) atoms. The van der Waals surface area contributed by atoms with E-state index < -0.39 is 0 Å². The van der Waals surface area contributed by atoms with Crippen LogP contribution in [0.1, 0.15) is 39.2 Å². The van der Waals surface area contributed by atoms with E-state index in [0.29, 0.717) is 48.3 Å². The van der Waals surface area contributed by atoms with Gasteiger partial charge in [-0.25, -0.2) is 9.97 Å². The Morgan fingerprint density at radius 3 is 3.03 bits per heavy atom. The maximum atomic E-state index is 12.8. The molecule has 2 aliphatic heterocycles. The fraction of sp³-hybridized carbons (Fsp3) is 0.429. The van der Waals surface area contributed by atoms with Gasteiger partial charge in [-0.15, -0.1) is 0 Å². The minimum absolute atomic E-state index is 0.00475. The van der Waals surface area contributed by atoms with Crippen molar-refractivity contribution in [1.82, 2.24) is 14.9 Å².